The Labute approximate surface area is 288 Å². The molecule has 6 aromatic carbocycles. The topological polar surface area (TPSA) is 48.5 Å². The van der Waals surface area contributed by atoms with Crippen molar-refractivity contribution in [2.45, 2.75) is 0 Å². The summed E-state index contributed by atoms with van der Waals surface area (Å²) in [7, 11) is 0. The zero-order valence-corrected chi connectivity index (χ0v) is 27.0. The van der Waals surface area contributed by atoms with E-state index in [0.717, 1.165) is 55.7 Å². The Hall–Kier alpha value is -6.85. The molecule has 10 aromatic rings. The highest BCUT2D eigenvalue weighted by atomic mass is 15.1. The van der Waals surface area contributed by atoms with Crippen LogP contribution in [0.1, 0.15) is 0 Å². The van der Waals surface area contributed by atoms with E-state index in [0.29, 0.717) is 5.82 Å². The Morgan fingerprint density at radius 2 is 1.14 bits per heavy atom. The van der Waals surface area contributed by atoms with Gasteiger partial charge in [-0.05, 0) is 53.6 Å². The van der Waals surface area contributed by atoms with Gasteiger partial charge in [-0.1, -0.05) is 121 Å². The molecule has 234 valence electrons. The lowest BCUT2D eigenvalue weighted by Crippen LogP contribution is -2.03. The molecule has 0 saturated carbocycles. The van der Waals surface area contributed by atoms with E-state index in [-0.39, 0.29) is 0 Å². The Morgan fingerprint density at radius 1 is 0.440 bits per heavy atom. The quantitative estimate of drug-likeness (QED) is 0.188. The third-order valence-electron chi connectivity index (χ3n) is 9.64. The van der Waals surface area contributed by atoms with Crippen molar-refractivity contribution in [2.75, 3.05) is 0 Å². The van der Waals surface area contributed by atoms with E-state index in [1.54, 1.807) is 0 Å². The summed E-state index contributed by atoms with van der Waals surface area (Å²) >= 11 is 0. The lowest BCUT2D eigenvalue weighted by molar-refractivity contribution is 1.07. The summed E-state index contributed by atoms with van der Waals surface area (Å²) in [6.45, 7) is 0. The molecule has 4 heterocycles. The molecule has 50 heavy (non-hydrogen) atoms. The summed E-state index contributed by atoms with van der Waals surface area (Å²) in [6, 6.07) is 57.4. The zero-order chi connectivity index (χ0) is 33.0. The van der Waals surface area contributed by atoms with Gasteiger partial charge in [-0.15, -0.1) is 0 Å². The second-order valence-electron chi connectivity index (χ2n) is 12.5. The van der Waals surface area contributed by atoms with Crippen molar-refractivity contribution in [3.05, 3.63) is 176 Å². The lowest BCUT2D eigenvalue weighted by atomic mass is 9.98. The normalized spacial score (nSPS) is 11.6. The average Bonchev–Trinajstić information content (AvgIpc) is 3.71. The van der Waals surface area contributed by atoms with Crippen LogP contribution in [-0.2, 0) is 0 Å². The number of pyridine rings is 1. The highest BCUT2D eigenvalue weighted by molar-refractivity contribution is 6.17. The first-order valence-corrected chi connectivity index (χ1v) is 16.8. The highest BCUT2D eigenvalue weighted by Gasteiger charge is 2.21. The zero-order valence-electron chi connectivity index (χ0n) is 27.0. The Balaban J connectivity index is 1.26. The number of nitrogens with zero attached hydrogens (tertiary/aromatic N) is 5. The summed E-state index contributed by atoms with van der Waals surface area (Å²) in [5.74, 6) is 0.684. The van der Waals surface area contributed by atoms with Crippen molar-refractivity contribution in [1.29, 1.82) is 0 Å². The SMILES string of the molecule is c1ccc(-c2ncc(-n3c4cc(-c5cccc6c5c5ccccc5n6-c5ccccc5)ccc4c4cccnc43)c(-c3ccccc3)n2)cc1. The molecule has 0 aliphatic carbocycles. The van der Waals surface area contributed by atoms with Gasteiger partial charge in [0.1, 0.15) is 5.65 Å². The molecule has 0 aliphatic heterocycles. The average molecular weight is 640 g/mol. The van der Waals surface area contributed by atoms with Crippen molar-refractivity contribution in [3.8, 4) is 45.1 Å². The van der Waals surface area contributed by atoms with E-state index in [9.17, 15) is 0 Å². The standard InChI is InChI=1S/C45H29N5/c1-4-14-30(15-5-1)43-41(29-47-44(48-43)31-16-6-2-7-17-31)50-40-28-32(25-26-35(40)36-22-13-27-46-45(36)50)34-21-12-24-39-42(34)37-20-10-11-23-38(37)49(39)33-18-8-3-9-19-33/h1-29H. The number of para-hydroxylation sites is 2. The maximum atomic E-state index is 5.21. The summed E-state index contributed by atoms with van der Waals surface area (Å²) in [4.78, 5) is 15.1. The van der Waals surface area contributed by atoms with Crippen molar-refractivity contribution in [2.24, 2.45) is 0 Å². The van der Waals surface area contributed by atoms with Crippen LogP contribution in [0.4, 0.5) is 0 Å². The molecule has 5 nitrogen and oxygen atoms in total. The van der Waals surface area contributed by atoms with Crippen molar-refractivity contribution >= 4 is 43.7 Å². The minimum absolute atomic E-state index is 0.684. The molecule has 0 N–H and O–H groups in total. The van der Waals surface area contributed by atoms with Crippen LogP contribution >= 0.6 is 0 Å². The fraction of sp³-hybridized carbons (Fsp3) is 0. The number of rotatable bonds is 5. The van der Waals surface area contributed by atoms with Gasteiger partial charge in [0.25, 0.3) is 0 Å². The van der Waals surface area contributed by atoms with Crippen molar-refractivity contribution in [1.82, 2.24) is 24.1 Å². The molecule has 0 unspecified atom stereocenters. The number of aromatic nitrogens is 5. The molecule has 0 fully saturated rings. The monoisotopic (exact) mass is 639 g/mol. The summed E-state index contributed by atoms with van der Waals surface area (Å²) in [5, 5.41) is 4.66. The number of hydrogen-bond acceptors (Lipinski definition) is 3. The first-order chi connectivity index (χ1) is 24.8. The van der Waals surface area contributed by atoms with Crippen LogP contribution in [0.3, 0.4) is 0 Å². The van der Waals surface area contributed by atoms with Gasteiger partial charge >= 0.3 is 0 Å². The fourth-order valence-corrected chi connectivity index (χ4v) is 7.44. The Bertz CT molecular complexity index is 2850. The maximum absolute atomic E-state index is 5.21. The van der Waals surface area contributed by atoms with Crippen LogP contribution in [0.2, 0.25) is 0 Å². The predicted octanol–water partition coefficient (Wildman–Crippen LogP) is 11.1. The van der Waals surface area contributed by atoms with Gasteiger partial charge < -0.3 is 4.57 Å². The molecule has 5 heteroatoms. The number of fused-ring (bicyclic) bond motifs is 6. The van der Waals surface area contributed by atoms with E-state index in [4.69, 9.17) is 15.0 Å². The van der Waals surface area contributed by atoms with E-state index < -0.39 is 0 Å². The van der Waals surface area contributed by atoms with Crippen LogP contribution in [0.15, 0.2) is 176 Å². The molecule has 0 atom stereocenters. The Morgan fingerprint density at radius 3 is 1.96 bits per heavy atom. The molecule has 4 aromatic heterocycles. The largest absolute Gasteiger partial charge is 0.309 e. The van der Waals surface area contributed by atoms with E-state index in [1.807, 2.05) is 54.9 Å². The van der Waals surface area contributed by atoms with E-state index >= 15 is 0 Å². The fourth-order valence-electron chi connectivity index (χ4n) is 7.44. The molecule has 10 rings (SSSR count). The van der Waals surface area contributed by atoms with Gasteiger partial charge in [0.15, 0.2) is 5.82 Å². The highest BCUT2D eigenvalue weighted by Crippen LogP contribution is 2.41. The molecule has 0 amide bonds. The van der Waals surface area contributed by atoms with Crippen LogP contribution in [0.25, 0.3) is 88.9 Å². The second kappa shape index (κ2) is 11.4. The van der Waals surface area contributed by atoms with Gasteiger partial charge in [0, 0.05) is 44.6 Å². The van der Waals surface area contributed by atoms with Crippen molar-refractivity contribution < 1.29 is 0 Å². The third kappa shape index (κ3) is 4.37. The minimum atomic E-state index is 0.684. The first-order valence-electron chi connectivity index (χ1n) is 16.8. The van der Waals surface area contributed by atoms with Crippen LogP contribution in [0.5, 0.6) is 0 Å². The third-order valence-corrected chi connectivity index (χ3v) is 9.64. The smallest absolute Gasteiger partial charge is 0.159 e. The van der Waals surface area contributed by atoms with Crippen molar-refractivity contribution in [3.63, 3.8) is 0 Å². The van der Waals surface area contributed by atoms with Crippen LogP contribution < -0.4 is 0 Å². The number of hydrogen-bond donors (Lipinski definition) is 0. The van der Waals surface area contributed by atoms with Crippen LogP contribution in [-0.4, -0.2) is 24.1 Å². The molecular formula is C45H29N5. The number of benzene rings is 6. The molecule has 0 saturated heterocycles. The Kier molecular flexibility index (Phi) is 6.42. The maximum Gasteiger partial charge on any atom is 0.159 e. The first kappa shape index (κ1) is 28.2. The van der Waals surface area contributed by atoms with Gasteiger partial charge in [-0.2, -0.15) is 0 Å². The van der Waals surface area contributed by atoms with E-state index in [2.05, 4.69) is 130 Å². The lowest BCUT2D eigenvalue weighted by Gasteiger charge is -2.14. The summed E-state index contributed by atoms with van der Waals surface area (Å²) in [5.41, 5.74) is 11.4. The summed E-state index contributed by atoms with van der Waals surface area (Å²) < 4.78 is 4.60. The molecule has 0 radical (unpaired) electrons. The van der Waals surface area contributed by atoms with Gasteiger partial charge in [0.2, 0.25) is 0 Å². The molecule has 0 bridgehead atoms. The van der Waals surface area contributed by atoms with Gasteiger partial charge in [0.05, 0.1) is 34.1 Å². The van der Waals surface area contributed by atoms with E-state index in [1.165, 1.54) is 27.4 Å². The van der Waals surface area contributed by atoms with Gasteiger partial charge in [-0.25, -0.2) is 15.0 Å². The second-order valence-corrected chi connectivity index (χ2v) is 12.5. The minimum Gasteiger partial charge on any atom is -0.309 e. The van der Waals surface area contributed by atoms with Gasteiger partial charge in [-0.3, -0.25) is 4.57 Å². The molecule has 0 aliphatic rings. The molecule has 0 spiro atoms. The predicted molar refractivity (Wildman–Crippen MR) is 205 cm³/mol. The van der Waals surface area contributed by atoms with Crippen LogP contribution in [0, 0.1) is 0 Å². The molecular weight excluding hydrogens is 611 g/mol. The summed E-state index contributed by atoms with van der Waals surface area (Å²) in [6.07, 6.45) is 3.81.